The van der Waals surface area contributed by atoms with Crippen LogP contribution in [0.3, 0.4) is 0 Å². The zero-order chi connectivity index (χ0) is 14.0. The van der Waals surface area contributed by atoms with Crippen molar-refractivity contribution in [2.75, 3.05) is 7.11 Å². The predicted octanol–water partition coefficient (Wildman–Crippen LogP) is 3.70. The molecule has 106 valence electrons. The lowest BCUT2D eigenvalue weighted by molar-refractivity contribution is 0.232. The highest BCUT2D eigenvalue weighted by Crippen LogP contribution is 2.39. The molecule has 3 unspecified atom stereocenters. The molecule has 0 amide bonds. The molecule has 2 nitrogen and oxygen atoms in total. The van der Waals surface area contributed by atoms with Crippen molar-refractivity contribution in [3.8, 4) is 5.75 Å². The highest BCUT2D eigenvalue weighted by Gasteiger charge is 2.31. The molecule has 2 rings (SSSR count). The summed E-state index contributed by atoms with van der Waals surface area (Å²) in [6.45, 7) is 4.51. The maximum absolute atomic E-state index is 13.8. The van der Waals surface area contributed by atoms with E-state index in [2.05, 4.69) is 13.8 Å². The van der Waals surface area contributed by atoms with Crippen molar-refractivity contribution < 1.29 is 9.13 Å². The van der Waals surface area contributed by atoms with Crippen molar-refractivity contribution in [1.82, 2.24) is 0 Å². The van der Waals surface area contributed by atoms with E-state index in [9.17, 15) is 4.39 Å². The Morgan fingerprint density at radius 1 is 1.32 bits per heavy atom. The summed E-state index contributed by atoms with van der Waals surface area (Å²) in [7, 11) is 1.49. The van der Waals surface area contributed by atoms with Crippen LogP contribution in [-0.2, 0) is 0 Å². The molecule has 1 aromatic carbocycles. The first-order chi connectivity index (χ1) is 9.02. The maximum Gasteiger partial charge on any atom is 0.165 e. The minimum atomic E-state index is -0.293. The van der Waals surface area contributed by atoms with E-state index >= 15 is 0 Å². The van der Waals surface area contributed by atoms with E-state index in [-0.39, 0.29) is 17.8 Å². The van der Waals surface area contributed by atoms with Crippen LogP contribution in [0.5, 0.6) is 5.75 Å². The Kier molecular flexibility index (Phi) is 4.46. The Bertz CT molecular complexity index is 433. The Labute approximate surface area is 115 Å². The lowest BCUT2D eigenvalue weighted by atomic mass is 9.71. The van der Waals surface area contributed by atoms with Gasteiger partial charge in [-0.2, -0.15) is 0 Å². The van der Waals surface area contributed by atoms with E-state index in [1.807, 2.05) is 6.07 Å². The third kappa shape index (κ3) is 3.08. The highest BCUT2D eigenvalue weighted by molar-refractivity contribution is 5.32. The van der Waals surface area contributed by atoms with E-state index in [1.165, 1.54) is 13.5 Å². The number of hydrogen-bond donors (Lipinski definition) is 1. The highest BCUT2D eigenvalue weighted by atomic mass is 19.1. The van der Waals surface area contributed by atoms with Gasteiger partial charge < -0.3 is 10.5 Å². The molecule has 2 N–H and O–H groups in total. The van der Waals surface area contributed by atoms with Gasteiger partial charge in [0, 0.05) is 6.04 Å². The van der Waals surface area contributed by atoms with Gasteiger partial charge in [-0.1, -0.05) is 19.9 Å². The van der Waals surface area contributed by atoms with Gasteiger partial charge in [0.05, 0.1) is 7.11 Å². The zero-order valence-corrected chi connectivity index (χ0v) is 12.0. The third-order valence-corrected chi connectivity index (χ3v) is 4.49. The Morgan fingerprint density at radius 2 is 2.05 bits per heavy atom. The van der Waals surface area contributed by atoms with Gasteiger partial charge >= 0.3 is 0 Å². The quantitative estimate of drug-likeness (QED) is 0.904. The van der Waals surface area contributed by atoms with Crippen LogP contribution < -0.4 is 10.5 Å². The van der Waals surface area contributed by atoms with Gasteiger partial charge in [0.25, 0.3) is 0 Å². The summed E-state index contributed by atoms with van der Waals surface area (Å²) < 4.78 is 18.8. The topological polar surface area (TPSA) is 35.2 Å². The predicted molar refractivity (Wildman–Crippen MR) is 75.8 cm³/mol. The summed E-state index contributed by atoms with van der Waals surface area (Å²) in [5.74, 6) is 1.63. The lowest BCUT2D eigenvalue weighted by Gasteiger charge is -2.36. The number of ether oxygens (including phenoxy) is 1. The van der Waals surface area contributed by atoms with Crippen LogP contribution in [0.25, 0.3) is 0 Å². The van der Waals surface area contributed by atoms with Gasteiger partial charge in [-0.15, -0.1) is 0 Å². The summed E-state index contributed by atoms with van der Waals surface area (Å²) in [6, 6.07) is 5.39. The van der Waals surface area contributed by atoms with Crippen molar-refractivity contribution in [3.05, 3.63) is 29.6 Å². The molecule has 3 heteroatoms. The van der Waals surface area contributed by atoms with Crippen molar-refractivity contribution in [3.63, 3.8) is 0 Å². The standard InChI is InChI=1S/C16H24FNO/c1-10(2)11-4-6-15(18)13(8-11)12-5-7-16(19-3)14(17)9-12/h5,7,9-11,13,15H,4,6,8,18H2,1-3H3. The van der Waals surface area contributed by atoms with E-state index in [0.717, 1.165) is 18.4 Å². The van der Waals surface area contributed by atoms with E-state index < -0.39 is 0 Å². The van der Waals surface area contributed by atoms with Crippen LogP contribution in [0.15, 0.2) is 18.2 Å². The molecule has 0 bridgehead atoms. The molecule has 0 spiro atoms. The van der Waals surface area contributed by atoms with Gasteiger partial charge in [-0.3, -0.25) is 0 Å². The second kappa shape index (κ2) is 5.91. The fraction of sp³-hybridized carbons (Fsp3) is 0.625. The monoisotopic (exact) mass is 265 g/mol. The fourth-order valence-corrected chi connectivity index (χ4v) is 3.13. The molecule has 0 aromatic heterocycles. The molecule has 19 heavy (non-hydrogen) atoms. The fourth-order valence-electron chi connectivity index (χ4n) is 3.13. The normalized spacial score (nSPS) is 27.6. The molecule has 3 atom stereocenters. The Morgan fingerprint density at radius 3 is 2.63 bits per heavy atom. The van der Waals surface area contributed by atoms with E-state index in [4.69, 9.17) is 10.5 Å². The van der Waals surface area contributed by atoms with Crippen LogP contribution in [0.4, 0.5) is 4.39 Å². The Hall–Kier alpha value is -1.09. The number of halogens is 1. The largest absolute Gasteiger partial charge is 0.494 e. The number of benzene rings is 1. The average Bonchev–Trinajstić information content (AvgIpc) is 2.38. The lowest BCUT2D eigenvalue weighted by Crippen LogP contribution is -2.35. The molecule has 0 heterocycles. The molecule has 0 radical (unpaired) electrons. The molecule has 1 aromatic rings. The molecular formula is C16H24FNO. The average molecular weight is 265 g/mol. The molecule has 0 saturated heterocycles. The Balaban J connectivity index is 2.21. The molecule has 1 saturated carbocycles. The summed E-state index contributed by atoms with van der Waals surface area (Å²) in [5, 5.41) is 0. The summed E-state index contributed by atoms with van der Waals surface area (Å²) in [4.78, 5) is 0. The van der Waals surface area contributed by atoms with Gasteiger partial charge in [0.15, 0.2) is 11.6 Å². The first kappa shape index (κ1) is 14.3. The summed E-state index contributed by atoms with van der Waals surface area (Å²) >= 11 is 0. The number of nitrogens with two attached hydrogens (primary N) is 1. The van der Waals surface area contributed by atoms with Crippen LogP contribution in [0, 0.1) is 17.7 Å². The van der Waals surface area contributed by atoms with E-state index in [0.29, 0.717) is 17.6 Å². The van der Waals surface area contributed by atoms with Crippen molar-refractivity contribution >= 4 is 0 Å². The minimum absolute atomic E-state index is 0.141. The second-order valence-electron chi connectivity index (χ2n) is 5.98. The van der Waals surface area contributed by atoms with Gasteiger partial charge in [0.1, 0.15) is 0 Å². The van der Waals surface area contributed by atoms with Gasteiger partial charge in [-0.25, -0.2) is 4.39 Å². The summed E-state index contributed by atoms with van der Waals surface area (Å²) in [6.07, 6.45) is 3.28. The van der Waals surface area contributed by atoms with Gasteiger partial charge in [0.2, 0.25) is 0 Å². The van der Waals surface area contributed by atoms with Crippen molar-refractivity contribution in [1.29, 1.82) is 0 Å². The second-order valence-corrected chi connectivity index (χ2v) is 5.98. The first-order valence-electron chi connectivity index (χ1n) is 7.12. The number of methoxy groups -OCH3 is 1. The molecule has 1 fully saturated rings. The van der Waals surface area contributed by atoms with Gasteiger partial charge in [-0.05, 0) is 54.7 Å². The SMILES string of the molecule is COc1ccc(C2CC(C(C)C)CCC2N)cc1F. The van der Waals surface area contributed by atoms with Crippen LogP contribution in [0.2, 0.25) is 0 Å². The van der Waals surface area contributed by atoms with Crippen LogP contribution in [-0.4, -0.2) is 13.2 Å². The zero-order valence-electron chi connectivity index (χ0n) is 12.0. The molecule has 0 aliphatic heterocycles. The van der Waals surface area contributed by atoms with Crippen molar-refractivity contribution in [2.24, 2.45) is 17.6 Å². The molecule has 1 aliphatic rings. The molecule has 1 aliphatic carbocycles. The van der Waals surface area contributed by atoms with Crippen LogP contribution >= 0.6 is 0 Å². The molecular weight excluding hydrogens is 241 g/mol. The third-order valence-electron chi connectivity index (χ3n) is 4.49. The maximum atomic E-state index is 13.8. The summed E-state index contributed by atoms with van der Waals surface area (Å²) in [5.41, 5.74) is 7.25. The van der Waals surface area contributed by atoms with E-state index in [1.54, 1.807) is 12.1 Å². The minimum Gasteiger partial charge on any atom is -0.494 e. The first-order valence-corrected chi connectivity index (χ1v) is 7.12. The number of hydrogen-bond acceptors (Lipinski definition) is 2. The van der Waals surface area contributed by atoms with Crippen molar-refractivity contribution in [2.45, 2.75) is 45.1 Å². The smallest absolute Gasteiger partial charge is 0.165 e. The number of rotatable bonds is 3. The van der Waals surface area contributed by atoms with Crippen LogP contribution in [0.1, 0.15) is 44.6 Å².